The minimum Gasteiger partial charge on any atom is -0.326 e. The first-order valence-electron chi connectivity index (χ1n) is 9.10. The molecule has 3 aromatic heterocycles. The summed E-state index contributed by atoms with van der Waals surface area (Å²) in [5.74, 6) is -0.133. The molecule has 0 radical (unpaired) electrons. The summed E-state index contributed by atoms with van der Waals surface area (Å²) < 4.78 is 3.51. The van der Waals surface area contributed by atoms with E-state index < -0.39 is 0 Å². The molecule has 0 saturated heterocycles. The minimum atomic E-state index is -0.133. The molecule has 28 heavy (non-hydrogen) atoms. The summed E-state index contributed by atoms with van der Waals surface area (Å²) >= 11 is 0. The third-order valence-electron chi connectivity index (χ3n) is 4.56. The predicted molar refractivity (Wildman–Crippen MR) is 109 cm³/mol. The van der Waals surface area contributed by atoms with E-state index in [9.17, 15) is 9.59 Å². The van der Waals surface area contributed by atoms with E-state index in [1.165, 1.54) is 16.2 Å². The van der Waals surface area contributed by atoms with E-state index in [2.05, 4.69) is 10.3 Å². The van der Waals surface area contributed by atoms with E-state index in [1.54, 1.807) is 18.3 Å². The first-order chi connectivity index (χ1) is 13.6. The van der Waals surface area contributed by atoms with Crippen LogP contribution in [0.5, 0.6) is 0 Å². The maximum atomic E-state index is 12.2. The van der Waals surface area contributed by atoms with Gasteiger partial charge in [0.2, 0.25) is 5.91 Å². The van der Waals surface area contributed by atoms with Crippen LogP contribution in [0.3, 0.4) is 0 Å². The Kier molecular flexibility index (Phi) is 4.76. The second-order valence-corrected chi connectivity index (χ2v) is 6.70. The van der Waals surface area contributed by atoms with Gasteiger partial charge < -0.3 is 14.3 Å². The first kappa shape index (κ1) is 17.7. The molecule has 0 bridgehead atoms. The van der Waals surface area contributed by atoms with Crippen molar-refractivity contribution >= 4 is 17.2 Å². The number of benzene rings is 1. The molecule has 4 rings (SSSR count). The van der Waals surface area contributed by atoms with Crippen LogP contribution in [-0.2, 0) is 11.3 Å². The number of hydrogen-bond donors (Lipinski definition) is 1. The van der Waals surface area contributed by atoms with Gasteiger partial charge in [-0.15, -0.1) is 0 Å². The Labute approximate surface area is 162 Å². The number of anilines is 1. The number of amides is 1. The molecule has 3 heterocycles. The number of carbonyl (C=O) groups is 1. The average molecular weight is 372 g/mol. The molecule has 1 N–H and O–H groups in total. The van der Waals surface area contributed by atoms with Gasteiger partial charge in [0.05, 0.1) is 5.69 Å². The van der Waals surface area contributed by atoms with Crippen LogP contribution in [0.25, 0.3) is 16.9 Å². The van der Waals surface area contributed by atoms with Gasteiger partial charge in [-0.05, 0) is 42.8 Å². The highest BCUT2D eigenvalue weighted by Gasteiger charge is 2.07. The van der Waals surface area contributed by atoms with Crippen molar-refractivity contribution in [3.8, 4) is 11.3 Å². The number of pyridine rings is 2. The molecule has 0 spiro atoms. The lowest BCUT2D eigenvalue weighted by molar-refractivity contribution is -0.116. The second-order valence-electron chi connectivity index (χ2n) is 6.70. The van der Waals surface area contributed by atoms with Crippen LogP contribution in [0, 0.1) is 6.92 Å². The van der Waals surface area contributed by atoms with E-state index in [0.717, 1.165) is 16.9 Å². The monoisotopic (exact) mass is 372 g/mol. The molecule has 4 aromatic rings. The van der Waals surface area contributed by atoms with Crippen molar-refractivity contribution in [3.05, 3.63) is 89.1 Å². The summed E-state index contributed by atoms with van der Waals surface area (Å²) in [6, 6.07) is 16.6. The highest BCUT2D eigenvalue weighted by Crippen LogP contribution is 2.21. The molecule has 0 saturated carbocycles. The fourth-order valence-electron chi connectivity index (χ4n) is 3.04. The molecule has 0 atom stereocenters. The molecule has 1 amide bonds. The zero-order valence-corrected chi connectivity index (χ0v) is 15.5. The number of fused-ring (bicyclic) bond motifs is 1. The van der Waals surface area contributed by atoms with Crippen LogP contribution in [-0.4, -0.2) is 19.9 Å². The number of nitrogens with one attached hydrogen (secondary N) is 1. The second kappa shape index (κ2) is 7.52. The molecule has 0 aliphatic carbocycles. The highest BCUT2D eigenvalue weighted by atomic mass is 16.1. The fourth-order valence-corrected chi connectivity index (χ4v) is 3.04. The van der Waals surface area contributed by atoms with Gasteiger partial charge in [-0.3, -0.25) is 9.59 Å². The van der Waals surface area contributed by atoms with Gasteiger partial charge in [-0.2, -0.15) is 0 Å². The van der Waals surface area contributed by atoms with Gasteiger partial charge in [0.15, 0.2) is 0 Å². The first-order valence-corrected chi connectivity index (χ1v) is 9.10. The Bertz CT molecular complexity index is 1190. The SMILES string of the molecule is Cc1ccn2cc(-c3ccc(NC(=O)CCn4ccccc4=O)cc3)nc2c1. The van der Waals surface area contributed by atoms with Crippen molar-refractivity contribution in [2.45, 2.75) is 19.9 Å². The molecule has 0 aliphatic rings. The van der Waals surface area contributed by atoms with Crippen LogP contribution in [0.2, 0.25) is 0 Å². The van der Waals surface area contributed by atoms with Crippen molar-refractivity contribution in [1.29, 1.82) is 0 Å². The number of imidazole rings is 1. The van der Waals surface area contributed by atoms with Crippen molar-refractivity contribution < 1.29 is 4.79 Å². The third-order valence-corrected chi connectivity index (χ3v) is 4.56. The van der Waals surface area contributed by atoms with E-state index >= 15 is 0 Å². The van der Waals surface area contributed by atoms with Crippen molar-refractivity contribution in [2.75, 3.05) is 5.32 Å². The molecule has 6 heteroatoms. The lowest BCUT2D eigenvalue weighted by atomic mass is 10.1. The molecule has 0 unspecified atom stereocenters. The van der Waals surface area contributed by atoms with Gasteiger partial charge in [0.1, 0.15) is 5.65 Å². The smallest absolute Gasteiger partial charge is 0.250 e. The number of aromatic nitrogens is 3. The standard InChI is InChI=1S/C22H20N4O2/c1-16-9-12-26-15-19(24-20(26)14-16)17-5-7-18(8-6-17)23-21(27)10-13-25-11-3-2-4-22(25)28/h2-9,11-12,14-15H,10,13H2,1H3,(H,23,27). The van der Waals surface area contributed by atoms with Crippen molar-refractivity contribution in [3.63, 3.8) is 0 Å². The Morgan fingerprint density at radius 2 is 1.89 bits per heavy atom. The van der Waals surface area contributed by atoms with Crippen LogP contribution in [0.15, 0.2) is 78.0 Å². The molecular formula is C22H20N4O2. The molecule has 0 aliphatic heterocycles. The molecule has 1 aromatic carbocycles. The largest absolute Gasteiger partial charge is 0.326 e. The third kappa shape index (κ3) is 3.86. The Morgan fingerprint density at radius 1 is 1.07 bits per heavy atom. The van der Waals surface area contributed by atoms with E-state index in [-0.39, 0.29) is 17.9 Å². The number of rotatable bonds is 5. The summed E-state index contributed by atoms with van der Waals surface area (Å²) in [6.45, 7) is 2.39. The lowest BCUT2D eigenvalue weighted by Crippen LogP contribution is -2.21. The quantitative estimate of drug-likeness (QED) is 0.583. The number of carbonyl (C=O) groups excluding carboxylic acids is 1. The van der Waals surface area contributed by atoms with E-state index in [0.29, 0.717) is 12.2 Å². The van der Waals surface area contributed by atoms with Crippen LogP contribution < -0.4 is 10.9 Å². The summed E-state index contributed by atoms with van der Waals surface area (Å²) in [5, 5.41) is 2.86. The highest BCUT2D eigenvalue weighted by molar-refractivity contribution is 5.90. The van der Waals surface area contributed by atoms with Gasteiger partial charge in [-0.25, -0.2) is 4.98 Å². The van der Waals surface area contributed by atoms with Gasteiger partial charge in [0.25, 0.3) is 5.56 Å². The Morgan fingerprint density at radius 3 is 2.68 bits per heavy atom. The summed E-state index contributed by atoms with van der Waals surface area (Å²) in [4.78, 5) is 28.5. The Hall–Kier alpha value is -3.67. The molecule has 140 valence electrons. The number of aryl methyl sites for hydroxylation is 2. The number of nitrogens with zero attached hydrogens (tertiary/aromatic N) is 3. The van der Waals surface area contributed by atoms with Gasteiger partial charge in [-0.1, -0.05) is 18.2 Å². The zero-order valence-electron chi connectivity index (χ0n) is 15.5. The Balaban J connectivity index is 1.41. The van der Waals surface area contributed by atoms with Crippen LogP contribution >= 0.6 is 0 Å². The summed E-state index contributed by atoms with van der Waals surface area (Å²) in [5.41, 5.74) is 4.54. The zero-order chi connectivity index (χ0) is 19.5. The molecule has 0 fully saturated rings. The summed E-state index contributed by atoms with van der Waals surface area (Å²) in [7, 11) is 0. The van der Waals surface area contributed by atoms with E-state index in [1.807, 2.05) is 60.1 Å². The average Bonchev–Trinajstić information content (AvgIpc) is 3.11. The molecular weight excluding hydrogens is 352 g/mol. The lowest BCUT2D eigenvalue weighted by Gasteiger charge is -2.07. The van der Waals surface area contributed by atoms with Gasteiger partial charge >= 0.3 is 0 Å². The normalized spacial score (nSPS) is 10.9. The number of hydrogen-bond acceptors (Lipinski definition) is 3. The predicted octanol–water partition coefficient (Wildman–Crippen LogP) is 3.50. The van der Waals surface area contributed by atoms with E-state index in [4.69, 9.17) is 0 Å². The topological polar surface area (TPSA) is 68.4 Å². The van der Waals surface area contributed by atoms with Crippen molar-refractivity contribution in [2.24, 2.45) is 0 Å². The maximum absolute atomic E-state index is 12.2. The van der Waals surface area contributed by atoms with Crippen molar-refractivity contribution in [1.82, 2.24) is 14.0 Å². The molecule has 6 nitrogen and oxygen atoms in total. The minimum absolute atomic E-state index is 0.109. The van der Waals surface area contributed by atoms with Crippen LogP contribution in [0.1, 0.15) is 12.0 Å². The summed E-state index contributed by atoms with van der Waals surface area (Å²) in [6.07, 6.45) is 5.89. The fraction of sp³-hybridized carbons (Fsp3) is 0.136. The van der Waals surface area contributed by atoms with Gasteiger partial charge in [0, 0.05) is 48.9 Å². The van der Waals surface area contributed by atoms with Crippen LogP contribution in [0.4, 0.5) is 5.69 Å². The maximum Gasteiger partial charge on any atom is 0.250 e.